The second kappa shape index (κ2) is 11.4. The molecule has 0 heterocycles. The van der Waals surface area contributed by atoms with Crippen LogP contribution in [-0.2, 0) is 16.2 Å². The van der Waals surface area contributed by atoms with Gasteiger partial charge in [-0.1, -0.05) is 163 Å². The second-order valence-electron chi connectivity index (χ2n) is 17.7. The van der Waals surface area contributed by atoms with Crippen LogP contribution >= 0.6 is 0 Å². The lowest BCUT2D eigenvalue weighted by molar-refractivity contribution is 0.660. The van der Waals surface area contributed by atoms with Gasteiger partial charge in [-0.3, -0.25) is 0 Å². The Morgan fingerprint density at radius 2 is 0.714 bits per heavy atom. The summed E-state index contributed by atoms with van der Waals surface area (Å²) in [5.74, 6) is 0. The first-order chi connectivity index (χ1) is 27.0. The van der Waals surface area contributed by atoms with Crippen molar-refractivity contribution in [2.75, 3.05) is 4.90 Å². The summed E-state index contributed by atoms with van der Waals surface area (Å²) in [6.45, 7) is 14.4. The van der Waals surface area contributed by atoms with E-state index >= 15 is 0 Å². The summed E-state index contributed by atoms with van der Waals surface area (Å²) in [7, 11) is 0. The van der Waals surface area contributed by atoms with E-state index < -0.39 is 0 Å². The van der Waals surface area contributed by atoms with Gasteiger partial charge in [-0.25, -0.2) is 0 Å². The van der Waals surface area contributed by atoms with E-state index in [-0.39, 0.29) is 16.2 Å². The number of benzene rings is 8. The third kappa shape index (κ3) is 4.43. The molecule has 0 fully saturated rings. The highest BCUT2D eigenvalue weighted by Gasteiger charge is 2.40. The SMILES string of the molecule is CC1(C)c2ccccc2-c2ccc(N(c3ccc4c(c3)C(C)(C)c3ccccc3-4)c3ccc4c(c3)C(C)(C)c3c-4cc(-c4ccccc4)c4ccccc34)cc21. The Kier molecular flexibility index (Phi) is 6.77. The molecule has 1 heteroatoms. The molecular weight excluding hydrogens is 675 g/mol. The Labute approximate surface area is 330 Å². The van der Waals surface area contributed by atoms with E-state index in [2.05, 4.69) is 210 Å². The lowest BCUT2D eigenvalue weighted by Crippen LogP contribution is -2.19. The summed E-state index contributed by atoms with van der Waals surface area (Å²) >= 11 is 0. The van der Waals surface area contributed by atoms with E-state index in [1.807, 2.05) is 0 Å². The maximum absolute atomic E-state index is 2.52. The second-order valence-corrected chi connectivity index (χ2v) is 17.7. The van der Waals surface area contributed by atoms with Crippen LogP contribution in [0.4, 0.5) is 17.1 Å². The molecule has 0 atom stereocenters. The zero-order valence-corrected chi connectivity index (χ0v) is 33.0. The minimum atomic E-state index is -0.204. The zero-order chi connectivity index (χ0) is 38.1. The van der Waals surface area contributed by atoms with Crippen molar-refractivity contribution >= 4 is 27.8 Å². The molecule has 0 amide bonds. The van der Waals surface area contributed by atoms with E-state index in [1.165, 1.54) is 106 Å². The Hall–Kier alpha value is -6.18. The molecule has 3 aliphatic rings. The van der Waals surface area contributed by atoms with Crippen LogP contribution in [0, 0.1) is 0 Å². The predicted molar refractivity (Wildman–Crippen MR) is 237 cm³/mol. The van der Waals surface area contributed by atoms with Crippen molar-refractivity contribution in [3.63, 3.8) is 0 Å². The van der Waals surface area contributed by atoms with Crippen molar-refractivity contribution in [3.05, 3.63) is 197 Å². The van der Waals surface area contributed by atoms with Crippen molar-refractivity contribution in [2.45, 2.75) is 57.8 Å². The van der Waals surface area contributed by atoms with Crippen LogP contribution in [0.1, 0.15) is 74.9 Å². The van der Waals surface area contributed by atoms with Gasteiger partial charge < -0.3 is 4.90 Å². The zero-order valence-electron chi connectivity index (χ0n) is 33.0. The fraction of sp³-hybridized carbons (Fsp3) is 0.164. The van der Waals surface area contributed by atoms with Gasteiger partial charge in [0, 0.05) is 33.3 Å². The molecular formula is C55H45N. The molecule has 56 heavy (non-hydrogen) atoms. The Bertz CT molecular complexity index is 2830. The fourth-order valence-corrected chi connectivity index (χ4v) is 10.8. The molecule has 0 radical (unpaired) electrons. The van der Waals surface area contributed by atoms with Crippen molar-refractivity contribution in [2.24, 2.45) is 0 Å². The molecule has 270 valence electrons. The summed E-state index contributed by atoms with van der Waals surface area (Å²) in [5, 5.41) is 2.65. The van der Waals surface area contributed by atoms with Gasteiger partial charge in [0.25, 0.3) is 0 Å². The number of fused-ring (bicyclic) bond motifs is 11. The maximum Gasteiger partial charge on any atom is 0.0465 e. The molecule has 3 aliphatic carbocycles. The first-order valence-electron chi connectivity index (χ1n) is 20.1. The quantitative estimate of drug-likeness (QED) is 0.175. The largest absolute Gasteiger partial charge is 0.310 e. The van der Waals surface area contributed by atoms with E-state index in [0.29, 0.717) is 0 Å². The number of rotatable bonds is 4. The van der Waals surface area contributed by atoms with Gasteiger partial charge in [0.2, 0.25) is 0 Å². The molecule has 0 aliphatic heterocycles. The number of hydrogen-bond donors (Lipinski definition) is 0. The number of nitrogens with zero attached hydrogens (tertiary/aromatic N) is 1. The molecule has 0 bridgehead atoms. The van der Waals surface area contributed by atoms with Crippen LogP contribution in [0.5, 0.6) is 0 Å². The first-order valence-corrected chi connectivity index (χ1v) is 20.1. The Morgan fingerprint density at radius 3 is 1.25 bits per heavy atom. The highest BCUT2D eigenvalue weighted by atomic mass is 15.1. The van der Waals surface area contributed by atoms with E-state index in [0.717, 1.165) is 0 Å². The van der Waals surface area contributed by atoms with Gasteiger partial charge in [-0.05, 0) is 131 Å². The normalized spacial score (nSPS) is 15.8. The third-order valence-corrected chi connectivity index (χ3v) is 13.6. The standard InChI is InChI=1S/C55H45N/c1-53(2)47-22-14-12-19-39(47)41-27-24-35(30-49(41)53)56(36-25-28-42-40-20-13-15-23-48(40)54(3,4)50(42)31-36)37-26-29-43-46-33-45(34-16-8-7-9-17-34)38-18-10-11-21-44(38)52(46)55(5,6)51(43)32-37/h7-33H,1-6H3. The topological polar surface area (TPSA) is 3.24 Å². The first kappa shape index (κ1) is 33.2. The van der Waals surface area contributed by atoms with Gasteiger partial charge in [0.15, 0.2) is 0 Å². The van der Waals surface area contributed by atoms with E-state index in [1.54, 1.807) is 0 Å². The molecule has 0 spiro atoms. The van der Waals surface area contributed by atoms with Crippen molar-refractivity contribution in [1.29, 1.82) is 0 Å². The van der Waals surface area contributed by atoms with Crippen LogP contribution in [0.2, 0.25) is 0 Å². The van der Waals surface area contributed by atoms with Crippen molar-refractivity contribution in [1.82, 2.24) is 0 Å². The molecule has 8 aromatic carbocycles. The van der Waals surface area contributed by atoms with E-state index in [9.17, 15) is 0 Å². The molecule has 11 rings (SSSR count). The van der Waals surface area contributed by atoms with Crippen molar-refractivity contribution < 1.29 is 0 Å². The van der Waals surface area contributed by atoms with Crippen LogP contribution in [-0.4, -0.2) is 0 Å². The smallest absolute Gasteiger partial charge is 0.0465 e. The third-order valence-electron chi connectivity index (χ3n) is 13.6. The van der Waals surface area contributed by atoms with Gasteiger partial charge in [-0.15, -0.1) is 0 Å². The molecule has 0 saturated heterocycles. The minimum Gasteiger partial charge on any atom is -0.310 e. The summed E-state index contributed by atoms with van der Waals surface area (Å²) in [4.78, 5) is 2.52. The summed E-state index contributed by atoms with van der Waals surface area (Å²) < 4.78 is 0. The molecule has 0 aromatic heterocycles. The van der Waals surface area contributed by atoms with Gasteiger partial charge >= 0.3 is 0 Å². The fourth-order valence-electron chi connectivity index (χ4n) is 10.8. The average Bonchev–Trinajstić information content (AvgIpc) is 3.70. The van der Waals surface area contributed by atoms with Gasteiger partial charge in [0.1, 0.15) is 0 Å². The Morgan fingerprint density at radius 1 is 0.304 bits per heavy atom. The van der Waals surface area contributed by atoms with E-state index in [4.69, 9.17) is 0 Å². The predicted octanol–water partition coefficient (Wildman–Crippen LogP) is 14.9. The molecule has 8 aromatic rings. The minimum absolute atomic E-state index is 0.103. The molecule has 0 unspecified atom stereocenters. The van der Waals surface area contributed by atoms with Crippen molar-refractivity contribution in [3.8, 4) is 44.5 Å². The Balaban J connectivity index is 1.12. The van der Waals surface area contributed by atoms with Gasteiger partial charge in [0.05, 0.1) is 0 Å². The lowest BCUT2D eigenvalue weighted by atomic mass is 9.79. The van der Waals surface area contributed by atoms with Gasteiger partial charge in [-0.2, -0.15) is 0 Å². The maximum atomic E-state index is 2.52. The van der Waals surface area contributed by atoms with Crippen LogP contribution < -0.4 is 4.90 Å². The summed E-state index contributed by atoms with van der Waals surface area (Å²) in [5.41, 5.74) is 22.1. The monoisotopic (exact) mass is 719 g/mol. The van der Waals surface area contributed by atoms with Crippen LogP contribution in [0.25, 0.3) is 55.3 Å². The molecule has 0 saturated carbocycles. The van der Waals surface area contributed by atoms with Crippen LogP contribution in [0.3, 0.4) is 0 Å². The summed E-state index contributed by atoms with van der Waals surface area (Å²) in [6, 6.07) is 61.8. The molecule has 0 N–H and O–H groups in total. The molecule has 1 nitrogen and oxygen atoms in total. The highest BCUT2D eigenvalue weighted by Crippen LogP contribution is 2.56. The number of hydrogen-bond acceptors (Lipinski definition) is 1. The summed E-state index contributed by atoms with van der Waals surface area (Å²) in [6.07, 6.45) is 0. The lowest BCUT2D eigenvalue weighted by Gasteiger charge is -2.31. The highest BCUT2D eigenvalue weighted by molar-refractivity contribution is 6.06. The van der Waals surface area contributed by atoms with Crippen LogP contribution in [0.15, 0.2) is 164 Å². The average molecular weight is 720 g/mol. The number of anilines is 3.